The number of epoxide rings is 1. The summed E-state index contributed by atoms with van der Waals surface area (Å²) in [6, 6.07) is 0. The quantitative estimate of drug-likeness (QED) is 0.340. The predicted molar refractivity (Wildman–Crippen MR) is 25.0 cm³/mol. The molecule has 8 heavy (non-hydrogen) atoms. The van der Waals surface area contributed by atoms with Crippen molar-refractivity contribution in [2.75, 3.05) is 13.3 Å². The Labute approximate surface area is 46.4 Å². The molecular weight excluding hydrogens is 110 g/mol. The lowest BCUT2D eigenvalue weighted by Gasteiger charge is -1.93. The van der Waals surface area contributed by atoms with Gasteiger partial charge in [-0.15, -0.1) is 0 Å². The highest BCUT2D eigenvalue weighted by Gasteiger charge is 2.30. The molecule has 1 fully saturated rings. The minimum absolute atomic E-state index is 0.229. The number of rotatable bonds is 2. The summed E-state index contributed by atoms with van der Waals surface area (Å²) in [5.41, 5.74) is 0. The number of ether oxygens (including phenoxy) is 1. The molecular formula is C4H7NO3. The van der Waals surface area contributed by atoms with Crippen LogP contribution in [0.25, 0.3) is 0 Å². The Morgan fingerprint density at radius 2 is 2.62 bits per heavy atom. The van der Waals surface area contributed by atoms with Crippen molar-refractivity contribution in [3.63, 3.8) is 0 Å². The molecule has 1 amide bonds. The summed E-state index contributed by atoms with van der Waals surface area (Å²) in [5, 5.41) is 10.3. The van der Waals surface area contributed by atoms with E-state index in [1.54, 1.807) is 0 Å². The number of amides is 1. The molecule has 1 saturated heterocycles. The average molecular weight is 117 g/mol. The summed E-state index contributed by atoms with van der Waals surface area (Å²) < 4.78 is 4.60. The summed E-state index contributed by atoms with van der Waals surface area (Å²) in [6.07, 6.45) is -0.290. The molecule has 1 heterocycles. The van der Waals surface area contributed by atoms with Crippen molar-refractivity contribution in [1.29, 1.82) is 0 Å². The zero-order valence-corrected chi connectivity index (χ0v) is 4.26. The fraction of sp³-hybridized carbons (Fsp3) is 0.750. The maximum absolute atomic E-state index is 10.4. The van der Waals surface area contributed by atoms with Crippen molar-refractivity contribution in [3.8, 4) is 0 Å². The lowest BCUT2D eigenvalue weighted by Crippen LogP contribution is -2.28. The normalized spacial score (nSPS) is 24.9. The third-order valence-electron chi connectivity index (χ3n) is 0.879. The van der Waals surface area contributed by atoms with Crippen LogP contribution in [0.15, 0.2) is 0 Å². The lowest BCUT2D eigenvalue weighted by atomic mass is 10.5. The van der Waals surface area contributed by atoms with Crippen molar-refractivity contribution in [2.24, 2.45) is 0 Å². The average Bonchev–Trinajstić information content (AvgIpc) is 2.45. The van der Waals surface area contributed by atoms with E-state index < -0.39 is 0 Å². The van der Waals surface area contributed by atoms with Crippen LogP contribution in [0.2, 0.25) is 0 Å². The Kier molecular flexibility index (Phi) is 1.45. The number of nitrogens with one attached hydrogen (secondary N) is 1. The van der Waals surface area contributed by atoms with E-state index in [9.17, 15) is 4.79 Å². The number of hydrogen-bond acceptors (Lipinski definition) is 3. The van der Waals surface area contributed by atoms with Crippen LogP contribution in [0.3, 0.4) is 0 Å². The van der Waals surface area contributed by atoms with Crippen molar-refractivity contribution in [1.82, 2.24) is 5.32 Å². The van der Waals surface area contributed by atoms with Gasteiger partial charge >= 0.3 is 0 Å². The van der Waals surface area contributed by atoms with Gasteiger partial charge in [0, 0.05) is 0 Å². The molecule has 0 saturated carbocycles. The molecule has 4 heteroatoms. The van der Waals surface area contributed by atoms with Gasteiger partial charge in [-0.2, -0.15) is 0 Å². The van der Waals surface area contributed by atoms with Crippen LogP contribution >= 0.6 is 0 Å². The van der Waals surface area contributed by atoms with E-state index in [4.69, 9.17) is 5.11 Å². The van der Waals surface area contributed by atoms with Crippen LogP contribution < -0.4 is 5.32 Å². The van der Waals surface area contributed by atoms with Crippen LogP contribution in [0.5, 0.6) is 0 Å². The topological polar surface area (TPSA) is 61.9 Å². The third-order valence-corrected chi connectivity index (χ3v) is 0.879. The van der Waals surface area contributed by atoms with E-state index in [-0.39, 0.29) is 18.7 Å². The Morgan fingerprint density at radius 3 is 3.00 bits per heavy atom. The first kappa shape index (κ1) is 5.53. The van der Waals surface area contributed by atoms with Crippen LogP contribution in [-0.2, 0) is 9.53 Å². The molecule has 0 bridgehead atoms. The molecule has 0 radical (unpaired) electrons. The van der Waals surface area contributed by atoms with Crippen molar-refractivity contribution in [3.05, 3.63) is 0 Å². The fourth-order valence-corrected chi connectivity index (χ4v) is 0.391. The Balaban J connectivity index is 2.13. The first-order chi connectivity index (χ1) is 3.84. The number of aliphatic hydroxyl groups is 1. The van der Waals surface area contributed by atoms with Crippen LogP contribution in [-0.4, -0.2) is 30.5 Å². The van der Waals surface area contributed by atoms with Gasteiger partial charge < -0.3 is 15.2 Å². The number of hydrogen-bond donors (Lipinski definition) is 2. The molecule has 0 aromatic heterocycles. The van der Waals surface area contributed by atoms with Gasteiger partial charge in [0.05, 0.1) is 6.61 Å². The molecule has 46 valence electrons. The third kappa shape index (κ3) is 1.18. The van der Waals surface area contributed by atoms with Crippen LogP contribution in [0.4, 0.5) is 0 Å². The number of carbonyl (C=O) groups is 1. The minimum Gasteiger partial charge on any atom is -0.376 e. The zero-order chi connectivity index (χ0) is 5.98. The van der Waals surface area contributed by atoms with Gasteiger partial charge in [0.25, 0.3) is 5.91 Å². The van der Waals surface area contributed by atoms with E-state index in [1.807, 2.05) is 0 Å². The summed E-state index contributed by atoms with van der Waals surface area (Å²) in [5.74, 6) is -0.229. The second kappa shape index (κ2) is 2.11. The van der Waals surface area contributed by atoms with Gasteiger partial charge in [0.15, 0.2) is 6.10 Å². The van der Waals surface area contributed by atoms with Gasteiger partial charge in [-0.25, -0.2) is 0 Å². The van der Waals surface area contributed by atoms with Crippen molar-refractivity contribution < 1.29 is 14.6 Å². The number of carbonyl (C=O) groups excluding carboxylic acids is 1. The van der Waals surface area contributed by atoms with E-state index in [0.29, 0.717) is 6.61 Å². The molecule has 0 aromatic carbocycles. The molecule has 0 spiro atoms. The SMILES string of the molecule is O=C(NCO)C1CO1. The Morgan fingerprint density at radius 1 is 2.00 bits per heavy atom. The van der Waals surface area contributed by atoms with Gasteiger partial charge in [-0.1, -0.05) is 0 Å². The van der Waals surface area contributed by atoms with E-state index in [2.05, 4.69) is 10.1 Å². The maximum Gasteiger partial charge on any atom is 0.253 e. The number of aliphatic hydroxyl groups excluding tert-OH is 1. The lowest BCUT2D eigenvalue weighted by molar-refractivity contribution is -0.123. The van der Waals surface area contributed by atoms with Crippen LogP contribution in [0, 0.1) is 0 Å². The molecule has 1 atom stereocenters. The van der Waals surface area contributed by atoms with Gasteiger partial charge in [0.2, 0.25) is 0 Å². The smallest absolute Gasteiger partial charge is 0.253 e. The second-order valence-corrected chi connectivity index (χ2v) is 1.52. The van der Waals surface area contributed by atoms with E-state index in [1.165, 1.54) is 0 Å². The van der Waals surface area contributed by atoms with E-state index in [0.717, 1.165) is 0 Å². The second-order valence-electron chi connectivity index (χ2n) is 1.52. The molecule has 1 aliphatic rings. The zero-order valence-electron chi connectivity index (χ0n) is 4.26. The first-order valence-electron chi connectivity index (χ1n) is 2.35. The summed E-state index contributed by atoms with van der Waals surface area (Å²) in [4.78, 5) is 10.4. The molecule has 4 nitrogen and oxygen atoms in total. The molecule has 1 aliphatic heterocycles. The van der Waals surface area contributed by atoms with Crippen molar-refractivity contribution in [2.45, 2.75) is 6.10 Å². The van der Waals surface area contributed by atoms with Gasteiger partial charge in [-0.05, 0) is 0 Å². The van der Waals surface area contributed by atoms with Crippen LogP contribution in [0.1, 0.15) is 0 Å². The highest BCUT2D eigenvalue weighted by atomic mass is 16.6. The first-order valence-corrected chi connectivity index (χ1v) is 2.35. The minimum atomic E-state index is -0.307. The summed E-state index contributed by atoms with van der Waals surface area (Å²) in [7, 11) is 0. The molecule has 0 aliphatic carbocycles. The Bertz CT molecular complexity index is 99.5. The molecule has 0 aromatic rings. The van der Waals surface area contributed by atoms with Gasteiger partial charge in [0.1, 0.15) is 6.73 Å². The van der Waals surface area contributed by atoms with E-state index >= 15 is 0 Å². The Hall–Kier alpha value is -0.610. The highest BCUT2D eigenvalue weighted by molar-refractivity contribution is 5.82. The van der Waals surface area contributed by atoms with Gasteiger partial charge in [-0.3, -0.25) is 4.79 Å². The molecule has 2 N–H and O–H groups in total. The molecule has 1 rings (SSSR count). The summed E-state index contributed by atoms with van der Waals surface area (Å²) >= 11 is 0. The predicted octanol–water partition coefficient (Wildman–Crippen LogP) is -1.55. The largest absolute Gasteiger partial charge is 0.376 e. The standard InChI is InChI=1S/C4H7NO3/c6-2-5-4(7)3-1-8-3/h3,6H,1-2H2,(H,5,7). The maximum atomic E-state index is 10.4. The summed E-state index contributed by atoms with van der Waals surface area (Å²) in [6.45, 7) is 0.185. The highest BCUT2D eigenvalue weighted by Crippen LogP contribution is 2.07. The monoisotopic (exact) mass is 117 g/mol. The fourth-order valence-electron chi connectivity index (χ4n) is 0.391. The molecule has 1 unspecified atom stereocenters. The van der Waals surface area contributed by atoms with Crippen molar-refractivity contribution >= 4 is 5.91 Å².